The molecule has 0 saturated carbocycles. The van der Waals surface area contributed by atoms with E-state index in [1.54, 1.807) is 71.4 Å². The van der Waals surface area contributed by atoms with E-state index in [-0.39, 0.29) is 18.6 Å². The van der Waals surface area contributed by atoms with Gasteiger partial charge in [-0.05, 0) is 59.2 Å². The van der Waals surface area contributed by atoms with Crippen LogP contribution in [0.25, 0.3) is 11.1 Å². The van der Waals surface area contributed by atoms with Gasteiger partial charge >= 0.3 is 24.3 Å². The number of benzene rings is 3. The lowest BCUT2D eigenvalue weighted by molar-refractivity contribution is -0.192. The highest BCUT2D eigenvalue weighted by atomic mass is 19.4. The van der Waals surface area contributed by atoms with Crippen LogP contribution in [0.3, 0.4) is 0 Å². The second-order valence-corrected chi connectivity index (χ2v) is 9.78. The van der Waals surface area contributed by atoms with Crippen LogP contribution >= 0.6 is 0 Å². The molecule has 1 aromatic heterocycles. The number of rotatable bonds is 10. The van der Waals surface area contributed by atoms with Gasteiger partial charge in [0, 0.05) is 11.8 Å². The molecule has 9 nitrogen and oxygen atoms in total. The molecule has 15 heteroatoms. The van der Waals surface area contributed by atoms with Crippen molar-refractivity contribution >= 4 is 17.8 Å². The number of hydrogen-bond acceptors (Lipinski definition) is 5. The summed E-state index contributed by atoms with van der Waals surface area (Å²) in [6.07, 6.45) is -8.11. The molecular formula is C32H27F6N3O6. The maximum Gasteiger partial charge on any atom is 0.490 e. The second-order valence-electron chi connectivity index (χ2n) is 9.78. The smallest absolute Gasteiger partial charge is 0.490 e. The summed E-state index contributed by atoms with van der Waals surface area (Å²) in [4.78, 5) is 33.5. The van der Waals surface area contributed by atoms with Crippen LogP contribution in [0.15, 0.2) is 97.2 Å². The van der Waals surface area contributed by atoms with Gasteiger partial charge in [0.2, 0.25) is 0 Å². The third kappa shape index (κ3) is 11.1. The van der Waals surface area contributed by atoms with E-state index in [4.69, 9.17) is 20.0 Å². The lowest BCUT2D eigenvalue weighted by atomic mass is 9.98. The predicted molar refractivity (Wildman–Crippen MR) is 155 cm³/mol. The second kappa shape index (κ2) is 15.6. The summed E-state index contributed by atoms with van der Waals surface area (Å²) in [7, 11) is 0. The number of amides is 1. The number of carboxylic acids is 2. The molecule has 4 N–H and O–H groups in total. The van der Waals surface area contributed by atoms with Crippen LogP contribution in [0, 0.1) is 5.41 Å². The molecule has 0 aliphatic heterocycles. The Labute approximate surface area is 263 Å². The molecule has 0 aliphatic rings. The number of alkyl halides is 6. The number of carbonyl (C=O) groups excluding carboxylic acids is 1. The number of aromatic nitrogens is 1. The van der Waals surface area contributed by atoms with Gasteiger partial charge in [0.25, 0.3) is 5.91 Å². The average molecular weight is 664 g/mol. The predicted octanol–water partition coefficient (Wildman–Crippen LogP) is 6.31. The fourth-order valence-electron chi connectivity index (χ4n) is 4.09. The summed E-state index contributed by atoms with van der Waals surface area (Å²) in [5.41, 5.74) is 1.63. The number of nitrogens with zero attached hydrogens (tertiary/aromatic N) is 1. The number of carbonyl (C=O) groups is 3. The van der Waals surface area contributed by atoms with Crippen molar-refractivity contribution in [3.8, 4) is 16.9 Å². The van der Waals surface area contributed by atoms with E-state index in [0.717, 1.165) is 12.1 Å². The average Bonchev–Trinajstić information content (AvgIpc) is 3.01. The van der Waals surface area contributed by atoms with Crippen LogP contribution in [0.5, 0.6) is 5.75 Å². The fourth-order valence-corrected chi connectivity index (χ4v) is 4.09. The summed E-state index contributed by atoms with van der Waals surface area (Å²) in [5, 5.41) is 27.2. The molecule has 1 atom stereocenters. The number of carboxylic acid groups (broad SMARTS) is 2. The quantitative estimate of drug-likeness (QED) is 0.147. The molecule has 3 aromatic carbocycles. The minimum atomic E-state index is -5.08. The molecule has 4 aromatic rings. The topological polar surface area (TPSA) is 142 Å². The zero-order chi connectivity index (χ0) is 34.8. The Balaban J connectivity index is 0.000000771. The monoisotopic (exact) mass is 663 g/mol. The highest BCUT2D eigenvalue weighted by molar-refractivity contribution is 5.95. The van der Waals surface area contributed by atoms with E-state index in [1.165, 1.54) is 12.1 Å². The number of aliphatic carboxylic acids is 2. The molecule has 0 radical (unpaired) electrons. The van der Waals surface area contributed by atoms with Gasteiger partial charge in [-0.15, -0.1) is 0 Å². The Morgan fingerprint density at radius 3 is 1.96 bits per heavy atom. The Kier molecular flexibility index (Phi) is 11.9. The van der Waals surface area contributed by atoms with Gasteiger partial charge in [-0.3, -0.25) is 15.0 Å². The van der Waals surface area contributed by atoms with E-state index in [1.807, 2.05) is 6.07 Å². The molecule has 4 rings (SSSR count). The van der Waals surface area contributed by atoms with Gasteiger partial charge in [-0.1, -0.05) is 48.5 Å². The molecule has 1 heterocycles. The Morgan fingerprint density at radius 1 is 0.830 bits per heavy atom. The zero-order valence-electron chi connectivity index (χ0n) is 24.2. The highest BCUT2D eigenvalue weighted by Crippen LogP contribution is 2.31. The van der Waals surface area contributed by atoms with Crippen LogP contribution in [-0.4, -0.2) is 45.4 Å². The molecular weight excluding hydrogens is 636 g/mol. The molecule has 0 spiro atoms. The number of halogens is 6. The van der Waals surface area contributed by atoms with Crippen molar-refractivity contribution in [2.24, 2.45) is 0 Å². The fraction of sp³-hybridized carbons (Fsp3) is 0.188. The summed E-state index contributed by atoms with van der Waals surface area (Å²) in [6, 6.07) is 22.3. The van der Waals surface area contributed by atoms with E-state index in [9.17, 15) is 41.0 Å². The first-order chi connectivity index (χ1) is 22.0. The Bertz CT molecular complexity index is 1740. The lowest BCUT2D eigenvalue weighted by Gasteiger charge is -2.18. The van der Waals surface area contributed by atoms with Gasteiger partial charge in [0.15, 0.2) is 0 Å². The SMILES string of the molecule is N=c1ccccn1CCOc1cccc(C(=O)NC(CC(=O)O)c2ccc(-c3ccc(C(F)(F)F)cc3)cc2)c1.O=C(O)C(F)(F)F. The number of hydrogen-bond donors (Lipinski definition) is 4. The summed E-state index contributed by atoms with van der Waals surface area (Å²) >= 11 is 0. The van der Waals surface area contributed by atoms with Crippen molar-refractivity contribution in [3.63, 3.8) is 0 Å². The van der Waals surface area contributed by atoms with Crippen molar-refractivity contribution in [2.45, 2.75) is 31.4 Å². The molecule has 248 valence electrons. The number of nitrogens with one attached hydrogen (secondary N) is 2. The molecule has 1 unspecified atom stereocenters. The van der Waals surface area contributed by atoms with E-state index >= 15 is 0 Å². The van der Waals surface area contributed by atoms with E-state index < -0.39 is 41.8 Å². The van der Waals surface area contributed by atoms with E-state index in [2.05, 4.69) is 5.32 Å². The first kappa shape index (κ1) is 35.9. The van der Waals surface area contributed by atoms with Crippen LogP contribution in [0.1, 0.15) is 33.9 Å². The third-order valence-corrected chi connectivity index (χ3v) is 6.42. The largest absolute Gasteiger partial charge is 0.492 e. The minimum absolute atomic E-state index is 0.276. The van der Waals surface area contributed by atoms with Gasteiger partial charge < -0.3 is 24.8 Å². The molecule has 0 aliphatic carbocycles. The molecule has 0 bridgehead atoms. The summed E-state index contributed by atoms with van der Waals surface area (Å²) in [6.45, 7) is 0.720. The van der Waals surface area contributed by atoms with Gasteiger partial charge in [0.05, 0.1) is 24.6 Å². The normalized spacial score (nSPS) is 11.9. The van der Waals surface area contributed by atoms with Crippen molar-refractivity contribution in [3.05, 3.63) is 119 Å². The van der Waals surface area contributed by atoms with E-state index in [0.29, 0.717) is 34.5 Å². The Morgan fingerprint density at radius 2 is 1.43 bits per heavy atom. The van der Waals surface area contributed by atoms with Crippen molar-refractivity contribution in [1.82, 2.24) is 9.88 Å². The Hall–Kier alpha value is -5.60. The molecule has 0 fully saturated rings. The maximum atomic E-state index is 13.0. The third-order valence-electron chi connectivity index (χ3n) is 6.42. The van der Waals surface area contributed by atoms with Gasteiger partial charge in [-0.2, -0.15) is 26.3 Å². The van der Waals surface area contributed by atoms with Crippen LogP contribution < -0.4 is 15.5 Å². The molecule has 0 saturated heterocycles. The van der Waals surface area contributed by atoms with Crippen LogP contribution in [-0.2, 0) is 22.3 Å². The summed E-state index contributed by atoms with van der Waals surface area (Å²) in [5.74, 6) is -3.91. The van der Waals surface area contributed by atoms with Crippen LogP contribution in [0.4, 0.5) is 26.3 Å². The first-order valence-electron chi connectivity index (χ1n) is 13.6. The summed E-state index contributed by atoms with van der Waals surface area (Å²) < 4.78 is 77.8. The minimum Gasteiger partial charge on any atom is -0.492 e. The number of ether oxygens (including phenoxy) is 1. The maximum absolute atomic E-state index is 13.0. The highest BCUT2D eigenvalue weighted by Gasteiger charge is 2.38. The van der Waals surface area contributed by atoms with Gasteiger partial charge in [0.1, 0.15) is 17.8 Å². The van der Waals surface area contributed by atoms with Crippen molar-refractivity contribution < 1.29 is 55.7 Å². The van der Waals surface area contributed by atoms with Gasteiger partial charge in [-0.25, -0.2) is 4.79 Å². The zero-order valence-corrected chi connectivity index (χ0v) is 24.2. The standard InChI is InChI=1S/C30H26F3N3O4.C2HF3O2/c31-30(32,33)24-13-11-21(12-14-24)20-7-9-22(10-8-20)26(19-28(37)38)35-29(39)23-4-3-5-25(18-23)40-17-16-36-15-2-1-6-27(36)34;3-2(4,5)1(6)7/h1-15,18,26,34H,16-17,19H2,(H,35,39)(H,37,38);(H,6,7). The first-order valence-corrected chi connectivity index (χ1v) is 13.6. The molecule has 47 heavy (non-hydrogen) atoms. The van der Waals surface area contributed by atoms with Crippen molar-refractivity contribution in [2.75, 3.05) is 6.61 Å². The lowest BCUT2D eigenvalue weighted by Crippen LogP contribution is -2.30. The number of pyridine rings is 1. The van der Waals surface area contributed by atoms with Crippen LogP contribution in [0.2, 0.25) is 0 Å². The van der Waals surface area contributed by atoms with Crippen molar-refractivity contribution in [1.29, 1.82) is 5.41 Å². The molecule has 1 amide bonds.